The van der Waals surface area contributed by atoms with E-state index in [1.807, 2.05) is 0 Å². The summed E-state index contributed by atoms with van der Waals surface area (Å²) in [6.07, 6.45) is 0. The molecule has 0 saturated carbocycles. The largest absolute Gasteiger partial charge is 0.307 e. The summed E-state index contributed by atoms with van der Waals surface area (Å²) in [7, 11) is 0. The van der Waals surface area contributed by atoms with Crippen molar-refractivity contribution in [3.05, 3.63) is 399 Å². The minimum absolute atomic E-state index is 0.228. The molecule has 8 aromatic heterocycles. The minimum atomic E-state index is 0.228. The highest BCUT2D eigenvalue weighted by Crippen LogP contribution is 2.53. The molecule has 0 N–H and O–H groups in total. The minimum Gasteiger partial charge on any atom is -0.307 e. The summed E-state index contributed by atoms with van der Waals surface area (Å²) in [6.45, 7) is 0. The van der Waals surface area contributed by atoms with Crippen LogP contribution in [0.3, 0.4) is 0 Å². The van der Waals surface area contributed by atoms with Gasteiger partial charge >= 0.3 is 0 Å². The van der Waals surface area contributed by atoms with Crippen molar-refractivity contribution in [1.82, 2.24) is 36.5 Å². The molecule has 0 aliphatic carbocycles. The third-order valence-electron chi connectivity index (χ3n) is 25.9. The maximum absolute atomic E-state index is 13.0. The summed E-state index contributed by atoms with van der Waals surface area (Å²) in [5.74, 6) is 0. The van der Waals surface area contributed by atoms with Gasteiger partial charge in [-0.25, -0.2) is 0 Å². The SMILES string of the molecule is N#Cc1c(-n2c3ccccc3c3ccccc32)c(-n2c3ccccc3c3ccccc32)cc(-n2c3ccccc3c3cc(-c4ccc5c6ccccc6n(-c6c(-n7c8ccccc8c8ccccc87)c(C#N)c(C#N)c(-n7c8ccccc8c8ccccc87)c6-n6c7ccccc7c7ccccc76)c5c4)ccc32)c1-n1c2ccccc2c2ccccc21. The smallest absolute Gasteiger partial charge is 0.104 e. The van der Waals surface area contributed by atoms with Crippen molar-refractivity contribution in [2.24, 2.45) is 0 Å². The number of nitrogens with zero attached hydrogens (tertiary/aromatic N) is 11. The zero-order chi connectivity index (χ0) is 80.3. The van der Waals surface area contributed by atoms with Crippen LogP contribution >= 0.6 is 0 Å². The van der Waals surface area contributed by atoms with Crippen LogP contribution in [0.2, 0.25) is 0 Å². The molecule has 26 aromatic rings. The number of para-hydroxylation sites is 14. The molecule has 0 fully saturated rings. The lowest BCUT2D eigenvalue weighted by Gasteiger charge is -2.27. The monoisotopic (exact) mass is 1550 g/mol. The number of fused-ring (bicyclic) bond motifs is 24. The van der Waals surface area contributed by atoms with Gasteiger partial charge in [0.1, 0.15) is 23.8 Å². The van der Waals surface area contributed by atoms with E-state index in [0.29, 0.717) is 28.3 Å². The number of nitriles is 3. The van der Waals surface area contributed by atoms with Crippen LogP contribution in [0.5, 0.6) is 0 Å². The fraction of sp³-hybridized carbons (Fsp3) is 0. The third kappa shape index (κ3) is 8.97. The van der Waals surface area contributed by atoms with E-state index in [1.54, 1.807) is 0 Å². The van der Waals surface area contributed by atoms with Crippen LogP contribution in [-0.4, -0.2) is 36.5 Å². The Kier molecular flexibility index (Phi) is 14.0. The van der Waals surface area contributed by atoms with E-state index in [-0.39, 0.29) is 11.1 Å². The first-order chi connectivity index (χ1) is 60.5. The Morgan fingerprint density at radius 3 is 0.590 bits per heavy atom. The standard InChI is InChI=1S/C111H63N11/c112-64-85-86(65-113)109(120-97-52-24-9-37-77(97)78-38-10-25-53-98(78)120)111(110(121-99-54-26-11-39-79(99)80-40-12-27-55-100(80)121)108(85)119-95-50-22-7-35-75(95)76-36-8-23-51-96(76)119)122-101-56-28-13-41-81(101)83-59-57-68(62-103(83)122)67-58-60-102-84(61-67)82-42-14-17-45-90(82)116(102)105-63-104(115-88-43-15-1-29-69(88)70-30-2-16-44-89(70)115)106(117-91-46-18-3-31-71(91)72-32-4-19-47-92(72)117)87(66-114)107(105)118-93-48-20-5-33-73(93)74-34-6-21-49-94(74)118/h1-63H. The first kappa shape index (κ1) is 67.0. The molecule has 0 saturated heterocycles. The lowest BCUT2D eigenvalue weighted by atomic mass is 9.98. The zero-order valence-corrected chi connectivity index (χ0v) is 65.3. The van der Waals surface area contributed by atoms with Crippen LogP contribution in [0, 0.1) is 34.0 Å². The molecule has 0 unspecified atom stereocenters. The molecule has 122 heavy (non-hydrogen) atoms. The van der Waals surface area contributed by atoms with Gasteiger partial charge in [-0.3, -0.25) is 0 Å². The van der Waals surface area contributed by atoms with Gasteiger partial charge in [0.25, 0.3) is 0 Å². The fourth-order valence-corrected chi connectivity index (χ4v) is 21.1. The quantitative estimate of drug-likeness (QED) is 0.143. The Bertz CT molecular complexity index is 8970. The van der Waals surface area contributed by atoms with Crippen LogP contribution < -0.4 is 0 Å². The molecule has 0 aliphatic heterocycles. The van der Waals surface area contributed by atoms with E-state index >= 15 is 0 Å². The van der Waals surface area contributed by atoms with Crippen molar-refractivity contribution in [2.75, 3.05) is 0 Å². The predicted octanol–water partition coefficient (Wildman–Crippen LogP) is 27.7. The average molecular weight is 1550 g/mol. The summed E-state index contributed by atoms with van der Waals surface area (Å²) in [5, 5.41) is 55.1. The van der Waals surface area contributed by atoms with E-state index in [1.165, 1.54) is 0 Å². The van der Waals surface area contributed by atoms with Crippen LogP contribution in [0.1, 0.15) is 16.7 Å². The molecule has 0 amide bonds. The summed E-state index contributed by atoms with van der Waals surface area (Å²) in [4.78, 5) is 0. The molecule has 0 radical (unpaired) electrons. The second-order valence-electron chi connectivity index (χ2n) is 31.9. The molecule has 0 bridgehead atoms. The average Bonchev–Trinajstić information content (AvgIpc) is 1.51. The Morgan fingerprint density at radius 2 is 0.328 bits per heavy atom. The van der Waals surface area contributed by atoms with Crippen LogP contribution in [0.4, 0.5) is 0 Å². The first-order valence-electron chi connectivity index (χ1n) is 41.2. The normalized spacial score (nSPS) is 12.1. The second kappa shape index (κ2) is 25.4. The molecule has 11 nitrogen and oxygen atoms in total. The van der Waals surface area contributed by atoms with E-state index < -0.39 is 0 Å². The summed E-state index contributed by atoms with van der Waals surface area (Å²) >= 11 is 0. The van der Waals surface area contributed by atoms with Gasteiger partial charge in [-0.1, -0.05) is 273 Å². The van der Waals surface area contributed by atoms with Crippen molar-refractivity contribution in [1.29, 1.82) is 15.8 Å². The number of rotatable bonds is 9. The molecule has 8 heterocycles. The number of benzene rings is 18. The van der Waals surface area contributed by atoms with Gasteiger partial charge in [-0.05, 0) is 120 Å². The van der Waals surface area contributed by atoms with E-state index in [9.17, 15) is 15.8 Å². The lowest BCUT2D eigenvalue weighted by molar-refractivity contribution is 1.01. The van der Waals surface area contributed by atoms with Crippen molar-refractivity contribution in [3.63, 3.8) is 0 Å². The number of hydrogen-bond donors (Lipinski definition) is 0. The predicted molar refractivity (Wildman–Crippen MR) is 501 cm³/mol. The summed E-state index contributed by atoms with van der Waals surface area (Å²) < 4.78 is 18.8. The highest BCUT2D eigenvalue weighted by atomic mass is 15.2. The van der Waals surface area contributed by atoms with E-state index in [4.69, 9.17) is 0 Å². The number of aromatic nitrogens is 8. The molecule has 26 rings (SSSR count). The van der Waals surface area contributed by atoms with Gasteiger partial charge in [0.15, 0.2) is 0 Å². The van der Waals surface area contributed by atoms with Gasteiger partial charge in [0.2, 0.25) is 0 Å². The van der Waals surface area contributed by atoms with Gasteiger partial charge < -0.3 is 36.5 Å². The van der Waals surface area contributed by atoms with E-state index in [2.05, 4.69) is 437 Å². The van der Waals surface area contributed by atoms with Crippen LogP contribution in [-0.2, 0) is 0 Å². The Morgan fingerprint density at radius 1 is 0.139 bits per heavy atom. The molecule has 0 aliphatic rings. The van der Waals surface area contributed by atoms with Crippen molar-refractivity contribution < 1.29 is 0 Å². The molecule has 0 atom stereocenters. The maximum atomic E-state index is 13.0. The highest BCUT2D eigenvalue weighted by molar-refractivity contribution is 6.20. The van der Waals surface area contributed by atoms with Crippen LogP contribution in [0.15, 0.2) is 382 Å². The van der Waals surface area contributed by atoms with Gasteiger partial charge in [0, 0.05) is 86.2 Å². The van der Waals surface area contributed by atoms with Gasteiger partial charge in [-0.2, -0.15) is 15.8 Å². The molecule has 0 spiro atoms. The summed E-state index contributed by atoms with van der Waals surface area (Å²) in [5.41, 5.74) is 23.6. The Hall–Kier alpha value is -17.2. The molecule has 11 heteroatoms. The van der Waals surface area contributed by atoms with E-state index in [0.717, 1.165) is 208 Å². The van der Waals surface area contributed by atoms with Gasteiger partial charge in [-0.15, -0.1) is 0 Å². The van der Waals surface area contributed by atoms with Crippen LogP contribution in [0.25, 0.3) is 231 Å². The summed E-state index contributed by atoms with van der Waals surface area (Å²) in [6, 6.07) is 145. The Labute approximate surface area is 695 Å². The third-order valence-corrected chi connectivity index (χ3v) is 25.9. The maximum Gasteiger partial charge on any atom is 0.104 e. The zero-order valence-electron chi connectivity index (χ0n) is 65.3. The topological polar surface area (TPSA) is 111 Å². The fourth-order valence-electron chi connectivity index (χ4n) is 21.1. The molecule has 18 aromatic carbocycles. The molecular formula is C111H63N11. The second-order valence-corrected chi connectivity index (χ2v) is 31.9. The number of hydrogen-bond acceptors (Lipinski definition) is 3. The van der Waals surface area contributed by atoms with Crippen molar-refractivity contribution in [3.8, 4) is 74.8 Å². The van der Waals surface area contributed by atoms with Gasteiger partial charge in [0.05, 0.1) is 145 Å². The first-order valence-corrected chi connectivity index (χ1v) is 41.2. The molecular weight excluding hydrogens is 1490 g/mol. The highest BCUT2D eigenvalue weighted by Gasteiger charge is 2.37. The van der Waals surface area contributed by atoms with Crippen molar-refractivity contribution in [2.45, 2.75) is 0 Å². The lowest BCUT2D eigenvalue weighted by Crippen LogP contribution is -2.17. The van der Waals surface area contributed by atoms with Crippen molar-refractivity contribution >= 4 is 174 Å². The Balaban J connectivity index is 0.801. The molecule has 562 valence electrons.